The molecule has 0 radical (unpaired) electrons. The van der Waals surface area contributed by atoms with Gasteiger partial charge in [0.15, 0.2) is 5.65 Å². The molecule has 0 unspecified atom stereocenters. The first-order valence-electron chi connectivity index (χ1n) is 9.10. The van der Waals surface area contributed by atoms with Crippen LogP contribution in [0.3, 0.4) is 0 Å². The lowest BCUT2D eigenvalue weighted by Gasteiger charge is -2.05. The monoisotopic (exact) mass is 451 g/mol. The highest BCUT2D eigenvalue weighted by Gasteiger charge is 2.30. The third-order valence-electron chi connectivity index (χ3n) is 4.66. The lowest BCUT2D eigenvalue weighted by molar-refractivity contribution is 0.559. The zero-order valence-corrected chi connectivity index (χ0v) is 17.4. The Morgan fingerprint density at radius 3 is 2.39 bits per heavy atom. The van der Waals surface area contributed by atoms with Crippen LogP contribution < -0.4 is 5.73 Å². The molecule has 0 aliphatic carbocycles. The van der Waals surface area contributed by atoms with Crippen molar-refractivity contribution in [3.8, 4) is 0 Å². The largest absolute Gasteiger partial charge is 0.463 e. The quantitative estimate of drug-likeness (QED) is 0.410. The van der Waals surface area contributed by atoms with Crippen molar-refractivity contribution in [2.24, 2.45) is 5.10 Å². The van der Waals surface area contributed by atoms with E-state index in [4.69, 9.17) is 21.8 Å². The van der Waals surface area contributed by atoms with E-state index in [9.17, 15) is 8.42 Å². The average Bonchev–Trinajstić information content (AvgIpc) is 3.36. The lowest BCUT2D eigenvalue weighted by Crippen LogP contribution is -2.06. The number of sulfone groups is 1. The fraction of sp³-hybridized carbons (Fsp3) is 0. The number of furan rings is 1. The summed E-state index contributed by atoms with van der Waals surface area (Å²) in [4.78, 5) is 8.99. The Kier molecular flexibility index (Phi) is 4.49. The summed E-state index contributed by atoms with van der Waals surface area (Å²) in [6.45, 7) is 0. The van der Waals surface area contributed by atoms with Crippen molar-refractivity contribution in [3.63, 3.8) is 0 Å². The number of rotatable bonds is 4. The molecule has 10 heteroatoms. The fourth-order valence-electron chi connectivity index (χ4n) is 3.22. The van der Waals surface area contributed by atoms with Crippen LogP contribution in [-0.4, -0.2) is 29.3 Å². The molecule has 2 aromatic carbocycles. The van der Waals surface area contributed by atoms with Gasteiger partial charge in [0.05, 0.1) is 28.4 Å². The third-order valence-corrected chi connectivity index (χ3v) is 6.75. The van der Waals surface area contributed by atoms with Gasteiger partial charge >= 0.3 is 0 Å². The van der Waals surface area contributed by atoms with E-state index in [0.717, 1.165) is 0 Å². The predicted molar refractivity (Wildman–Crippen MR) is 118 cm³/mol. The minimum absolute atomic E-state index is 0.0348. The summed E-state index contributed by atoms with van der Waals surface area (Å²) in [5.74, 6) is 0.361. The summed E-state index contributed by atoms with van der Waals surface area (Å²) in [5, 5.41) is 4.73. The van der Waals surface area contributed by atoms with Crippen molar-refractivity contribution < 1.29 is 12.8 Å². The number of anilines is 1. The molecule has 5 rings (SSSR count). The first-order chi connectivity index (χ1) is 14.9. The third kappa shape index (κ3) is 3.24. The number of nitrogens with zero attached hydrogens (tertiary/aromatic N) is 4. The molecule has 0 spiro atoms. The van der Waals surface area contributed by atoms with Gasteiger partial charge in [-0.15, -0.1) is 0 Å². The van der Waals surface area contributed by atoms with Crippen LogP contribution in [0.2, 0.25) is 5.02 Å². The lowest BCUT2D eigenvalue weighted by atomic mass is 10.3. The minimum Gasteiger partial charge on any atom is -0.463 e. The molecule has 0 aliphatic rings. The maximum Gasteiger partial charge on any atom is 0.212 e. The molecule has 0 fully saturated rings. The Bertz CT molecular complexity index is 1560. The number of hydrogen-bond donors (Lipinski definition) is 1. The molecule has 5 aromatic rings. The normalized spacial score (nSPS) is 12.3. The molecule has 0 saturated heterocycles. The maximum atomic E-state index is 13.5. The Morgan fingerprint density at radius 2 is 1.71 bits per heavy atom. The van der Waals surface area contributed by atoms with Crippen LogP contribution in [0.4, 0.5) is 5.82 Å². The molecule has 154 valence electrons. The predicted octanol–water partition coefficient (Wildman–Crippen LogP) is 4.13. The van der Waals surface area contributed by atoms with E-state index in [2.05, 4.69) is 15.1 Å². The number of halogens is 1. The maximum absolute atomic E-state index is 13.5. The van der Waals surface area contributed by atoms with Crippen molar-refractivity contribution in [3.05, 3.63) is 77.7 Å². The first-order valence-corrected chi connectivity index (χ1v) is 11.0. The molecule has 0 aliphatic heterocycles. The molecule has 0 atom stereocenters. The molecule has 8 nitrogen and oxygen atoms in total. The Morgan fingerprint density at radius 1 is 1.00 bits per heavy atom. The summed E-state index contributed by atoms with van der Waals surface area (Å²) >= 11 is 5.92. The number of hydrogen-bond acceptors (Lipinski definition) is 7. The number of benzene rings is 2. The van der Waals surface area contributed by atoms with E-state index in [-0.39, 0.29) is 26.8 Å². The standard InChI is InChI=1S/C21H14ClN5O3S/c22-13-7-9-15(10-8-13)31(28,29)19-18-21(26-17-6-2-1-5-16(17)25-18)27(20(19)23)24-12-14-4-3-11-30-14/h1-12H,23H2/b24-12+. The van der Waals surface area contributed by atoms with Gasteiger partial charge in [-0.1, -0.05) is 23.7 Å². The summed E-state index contributed by atoms with van der Waals surface area (Å²) in [7, 11) is -4.04. The highest BCUT2D eigenvalue weighted by atomic mass is 35.5. The number of fused-ring (bicyclic) bond motifs is 2. The van der Waals surface area contributed by atoms with Crippen molar-refractivity contribution >= 4 is 55.7 Å². The average molecular weight is 452 g/mol. The fourth-order valence-corrected chi connectivity index (χ4v) is 4.82. The minimum atomic E-state index is -4.04. The molecule has 2 N–H and O–H groups in total. The second kappa shape index (κ2) is 7.22. The van der Waals surface area contributed by atoms with E-state index in [1.165, 1.54) is 41.4 Å². The van der Waals surface area contributed by atoms with E-state index in [0.29, 0.717) is 21.8 Å². The number of nitrogen functional groups attached to an aromatic ring is 1. The van der Waals surface area contributed by atoms with Gasteiger partial charge in [0.25, 0.3) is 0 Å². The number of para-hydroxylation sites is 2. The molecular weight excluding hydrogens is 438 g/mol. The molecule has 0 saturated carbocycles. The SMILES string of the molecule is Nc1c(S(=O)(=O)c2ccc(Cl)cc2)c2nc3ccccc3nc2n1/N=C/c1ccco1. The number of nitrogens with two attached hydrogens (primary N) is 1. The van der Waals surface area contributed by atoms with Gasteiger partial charge in [-0.25, -0.2) is 18.4 Å². The van der Waals surface area contributed by atoms with Gasteiger partial charge in [-0.05, 0) is 48.5 Å². The van der Waals surface area contributed by atoms with Gasteiger partial charge in [-0.3, -0.25) is 0 Å². The van der Waals surface area contributed by atoms with Crippen molar-refractivity contribution in [2.45, 2.75) is 9.79 Å². The smallest absolute Gasteiger partial charge is 0.212 e. The van der Waals surface area contributed by atoms with Crippen LogP contribution >= 0.6 is 11.6 Å². The zero-order valence-electron chi connectivity index (χ0n) is 15.8. The topological polar surface area (TPSA) is 116 Å². The van der Waals surface area contributed by atoms with Crippen LogP contribution in [0, 0.1) is 0 Å². The van der Waals surface area contributed by atoms with Crippen molar-refractivity contribution in [1.82, 2.24) is 14.6 Å². The Hall–Kier alpha value is -3.69. The molecule has 3 heterocycles. The first kappa shape index (κ1) is 19.3. The van der Waals surface area contributed by atoms with E-state index >= 15 is 0 Å². The second-order valence-electron chi connectivity index (χ2n) is 6.63. The molecule has 0 amide bonds. The van der Waals surface area contributed by atoms with Gasteiger partial charge in [0, 0.05) is 5.02 Å². The summed E-state index contributed by atoms with van der Waals surface area (Å²) in [6.07, 6.45) is 2.92. The van der Waals surface area contributed by atoms with Gasteiger partial charge in [-0.2, -0.15) is 9.78 Å². The van der Waals surface area contributed by atoms with Crippen LogP contribution in [0.15, 0.2) is 86.2 Å². The van der Waals surface area contributed by atoms with Crippen molar-refractivity contribution in [1.29, 1.82) is 0 Å². The molecule has 31 heavy (non-hydrogen) atoms. The van der Waals surface area contributed by atoms with Crippen LogP contribution in [0.5, 0.6) is 0 Å². The summed E-state index contributed by atoms with van der Waals surface area (Å²) in [5.41, 5.74) is 7.76. The highest BCUT2D eigenvalue weighted by molar-refractivity contribution is 7.92. The van der Waals surface area contributed by atoms with Gasteiger partial charge in [0.2, 0.25) is 9.84 Å². The number of aromatic nitrogens is 3. The summed E-state index contributed by atoms with van der Waals surface area (Å²) in [6, 6.07) is 16.4. The highest BCUT2D eigenvalue weighted by Crippen LogP contribution is 2.35. The Balaban J connectivity index is 1.82. The molecule has 3 aromatic heterocycles. The van der Waals surface area contributed by atoms with E-state index < -0.39 is 9.84 Å². The van der Waals surface area contributed by atoms with Crippen LogP contribution in [-0.2, 0) is 9.84 Å². The van der Waals surface area contributed by atoms with Gasteiger partial charge < -0.3 is 10.2 Å². The van der Waals surface area contributed by atoms with Crippen molar-refractivity contribution in [2.75, 3.05) is 5.73 Å². The summed E-state index contributed by atoms with van der Waals surface area (Å²) < 4.78 is 33.5. The second-order valence-corrected chi connectivity index (χ2v) is 8.95. The zero-order chi connectivity index (χ0) is 21.6. The molecule has 0 bridgehead atoms. The van der Waals surface area contributed by atoms with Crippen LogP contribution in [0.1, 0.15) is 5.76 Å². The van der Waals surface area contributed by atoms with E-state index in [1.807, 2.05) is 6.07 Å². The Labute approximate surface area is 181 Å². The van der Waals surface area contributed by atoms with E-state index in [1.54, 1.807) is 30.3 Å². The van der Waals surface area contributed by atoms with Gasteiger partial charge in [0.1, 0.15) is 22.0 Å². The molecular formula is C21H14ClN5O3S. The van der Waals surface area contributed by atoms with Crippen LogP contribution in [0.25, 0.3) is 22.2 Å².